The first-order chi connectivity index (χ1) is 14.6. The highest BCUT2D eigenvalue weighted by Crippen LogP contribution is 2.26. The van der Waals surface area contributed by atoms with Crippen LogP contribution in [0.4, 0.5) is 0 Å². The highest BCUT2D eigenvalue weighted by atomic mass is 16.5. The summed E-state index contributed by atoms with van der Waals surface area (Å²) in [5, 5.41) is 11.6. The molecule has 1 aliphatic heterocycles. The fraction of sp³-hybridized carbons (Fsp3) is 0.391. The number of rotatable bonds is 7. The molecule has 3 heterocycles. The van der Waals surface area contributed by atoms with Gasteiger partial charge in [-0.3, -0.25) is 9.78 Å². The smallest absolute Gasteiger partial charge is 0.251 e. The number of hydrogen-bond acceptors (Lipinski definition) is 5. The van der Waals surface area contributed by atoms with Crippen LogP contribution in [0.2, 0.25) is 0 Å². The molecule has 2 aromatic heterocycles. The van der Waals surface area contributed by atoms with Gasteiger partial charge in [-0.15, -0.1) is 10.2 Å². The molecule has 0 radical (unpaired) electrons. The Balaban J connectivity index is 1.35. The van der Waals surface area contributed by atoms with Crippen LogP contribution < -0.4 is 10.1 Å². The van der Waals surface area contributed by atoms with Crippen molar-refractivity contribution in [2.24, 2.45) is 0 Å². The Hall–Kier alpha value is -3.22. The molecule has 0 bridgehead atoms. The van der Waals surface area contributed by atoms with Crippen molar-refractivity contribution in [1.29, 1.82) is 0 Å². The number of aromatic nitrogens is 4. The minimum atomic E-state index is -0.0848. The summed E-state index contributed by atoms with van der Waals surface area (Å²) in [6, 6.07) is 7.62. The lowest BCUT2D eigenvalue weighted by Crippen LogP contribution is -2.27. The van der Waals surface area contributed by atoms with Crippen LogP contribution in [-0.2, 0) is 26.0 Å². The van der Waals surface area contributed by atoms with Crippen molar-refractivity contribution in [3.8, 4) is 5.75 Å². The topological polar surface area (TPSA) is 81.9 Å². The van der Waals surface area contributed by atoms with E-state index in [0.29, 0.717) is 25.1 Å². The van der Waals surface area contributed by atoms with Crippen LogP contribution in [0, 0.1) is 13.8 Å². The lowest BCUT2D eigenvalue weighted by atomic mass is 10.0. The normalized spacial score (nSPS) is 13.0. The molecule has 0 spiro atoms. The van der Waals surface area contributed by atoms with Crippen molar-refractivity contribution in [1.82, 2.24) is 25.1 Å². The molecule has 1 aliphatic rings. The third kappa shape index (κ3) is 4.50. The molecule has 1 aromatic carbocycles. The van der Waals surface area contributed by atoms with Crippen LogP contribution in [0.5, 0.6) is 5.75 Å². The minimum Gasteiger partial charge on any atom is -0.488 e. The predicted octanol–water partition coefficient (Wildman–Crippen LogP) is 3.18. The average Bonchev–Trinajstić information content (AvgIpc) is 3.17. The molecule has 0 fully saturated rings. The van der Waals surface area contributed by atoms with Crippen molar-refractivity contribution in [3.05, 3.63) is 70.6 Å². The van der Waals surface area contributed by atoms with Gasteiger partial charge in [-0.05, 0) is 56.0 Å². The number of ether oxygens (including phenoxy) is 1. The van der Waals surface area contributed by atoms with E-state index in [0.717, 1.165) is 53.5 Å². The minimum absolute atomic E-state index is 0.0848. The summed E-state index contributed by atoms with van der Waals surface area (Å²) in [5.74, 6) is 2.75. The van der Waals surface area contributed by atoms with Crippen LogP contribution in [-0.4, -0.2) is 32.2 Å². The lowest BCUT2D eigenvalue weighted by Gasteiger charge is -2.15. The molecule has 0 saturated heterocycles. The summed E-state index contributed by atoms with van der Waals surface area (Å²) in [4.78, 5) is 16.8. The number of hydrogen-bond donors (Lipinski definition) is 1. The number of amides is 1. The zero-order valence-corrected chi connectivity index (χ0v) is 17.5. The molecule has 0 atom stereocenters. The third-order valence-electron chi connectivity index (χ3n) is 5.40. The van der Waals surface area contributed by atoms with E-state index < -0.39 is 0 Å². The Labute approximate surface area is 176 Å². The van der Waals surface area contributed by atoms with Gasteiger partial charge in [-0.2, -0.15) is 0 Å². The number of aryl methyl sites for hydroxylation is 3. The number of benzene rings is 1. The molecular weight excluding hydrogens is 378 g/mol. The van der Waals surface area contributed by atoms with Gasteiger partial charge >= 0.3 is 0 Å². The quantitative estimate of drug-likeness (QED) is 0.653. The van der Waals surface area contributed by atoms with Crippen molar-refractivity contribution < 1.29 is 9.53 Å². The molecule has 0 unspecified atom stereocenters. The number of carbonyl (C=O) groups excluding carboxylic acids is 1. The standard InChI is InChI=1S/C23H27N5O2/c1-16-12-19(13-17(2)22(16)30-15-18-6-5-9-24-14-18)23(29)25-10-8-21-27-26-20-7-3-4-11-28(20)21/h5-6,9,12-14H,3-4,7-8,10-11,15H2,1-2H3,(H,25,29). The number of carbonyl (C=O) groups is 1. The maximum Gasteiger partial charge on any atom is 0.251 e. The van der Waals surface area contributed by atoms with Gasteiger partial charge in [-0.25, -0.2) is 0 Å². The molecular formula is C23H27N5O2. The number of fused-ring (bicyclic) bond motifs is 1. The summed E-state index contributed by atoms with van der Waals surface area (Å²) in [7, 11) is 0. The van der Waals surface area contributed by atoms with E-state index in [1.54, 1.807) is 12.4 Å². The summed E-state index contributed by atoms with van der Waals surface area (Å²) >= 11 is 0. The molecule has 7 nitrogen and oxygen atoms in total. The van der Waals surface area contributed by atoms with E-state index in [1.807, 2.05) is 38.1 Å². The zero-order chi connectivity index (χ0) is 20.9. The van der Waals surface area contributed by atoms with Gasteiger partial charge < -0.3 is 14.6 Å². The largest absolute Gasteiger partial charge is 0.488 e. The molecule has 156 valence electrons. The summed E-state index contributed by atoms with van der Waals surface area (Å²) < 4.78 is 8.17. The molecule has 3 aromatic rings. The Kier molecular flexibility index (Phi) is 6.07. The van der Waals surface area contributed by atoms with Crippen molar-refractivity contribution in [2.45, 2.75) is 52.7 Å². The number of nitrogens with one attached hydrogen (secondary N) is 1. The highest BCUT2D eigenvalue weighted by molar-refractivity contribution is 5.94. The molecule has 1 amide bonds. The SMILES string of the molecule is Cc1cc(C(=O)NCCc2nnc3n2CCCC3)cc(C)c1OCc1cccnc1. The Morgan fingerprint density at radius 2 is 2.03 bits per heavy atom. The van der Waals surface area contributed by atoms with Gasteiger partial charge in [0.25, 0.3) is 5.91 Å². The Morgan fingerprint density at radius 3 is 2.80 bits per heavy atom. The van der Waals surface area contributed by atoms with Crippen LogP contribution in [0.15, 0.2) is 36.7 Å². The number of nitrogens with zero attached hydrogens (tertiary/aromatic N) is 4. The summed E-state index contributed by atoms with van der Waals surface area (Å²) in [6.45, 7) is 5.89. The van der Waals surface area contributed by atoms with E-state index >= 15 is 0 Å². The summed E-state index contributed by atoms with van der Waals surface area (Å²) in [5.41, 5.74) is 3.53. The highest BCUT2D eigenvalue weighted by Gasteiger charge is 2.16. The van der Waals surface area contributed by atoms with Gasteiger partial charge in [0.05, 0.1) is 0 Å². The van der Waals surface area contributed by atoms with E-state index in [-0.39, 0.29) is 5.91 Å². The first-order valence-electron chi connectivity index (χ1n) is 10.4. The van der Waals surface area contributed by atoms with Crippen LogP contribution in [0.25, 0.3) is 0 Å². The van der Waals surface area contributed by atoms with Gasteiger partial charge in [0, 0.05) is 49.5 Å². The first kappa shape index (κ1) is 20.1. The molecule has 30 heavy (non-hydrogen) atoms. The maximum atomic E-state index is 12.7. The molecule has 0 aliphatic carbocycles. The van der Waals surface area contributed by atoms with Crippen LogP contribution >= 0.6 is 0 Å². The second kappa shape index (κ2) is 9.07. The van der Waals surface area contributed by atoms with Crippen LogP contribution in [0.3, 0.4) is 0 Å². The Morgan fingerprint density at radius 1 is 1.20 bits per heavy atom. The fourth-order valence-electron chi connectivity index (χ4n) is 3.89. The first-order valence-corrected chi connectivity index (χ1v) is 10.4. The van der Waals surface area contributed by atoms with Crippen molar-refractivity contribution in [2.75, 3.05) is 6.54 Å². The number of pyridine rings is 1. The average molecular weight is 406 g/mol. The lowest BCUT2D eigenvalue weighted by molar-refractivity contribution is 0.0953. The van der Waals surface area contributed by atoms with E-state index in [9.17, 15) is 4.79 Å². The molecule has 1 N–H and O–H groups in total. The Bertz CT molecular complexity index is 1010. The van der Waals surface area contributed by atoms with E-state index in [2.05, 4.69) is 25.1 Å². The molecule has 4 rings (SSSR count). The van der Waals surface area contributed by atoms with E-state index in [1.165, 1.54) is 6.42 Å². The zero-order valence-electron chi connectivity index (χ0n) is 17.5. The monoisotopic (exact) mass is 405 g/mol. The fourth-order valence-corrected chi connectivity index (χ4v) is 3.89. The predicted molar refractivity (Wildman–Crippen MR) is 113 cm³/mol. The van der Waals surface area contributed by atoms with Crippen molar-refractivity contribution >= 4 is 5.91 Å². The molecule has 7 heteroatoms. The second-order valence-electron chi connectivity index (χ2n) is 7.74. The second-order valence-corrected chi connectivity index (χ2v) is 7.74. The van der Waals surface area contributed by atoms with Crippen molar-refractivity contribution in [3.63, 3.8) is 0 Å². The van der Waals surface area contributed by atoms with Crippen LogP contribution in [0.1, 0.15) is 51.5 Å². The summed E-state index contributed by atoms with van der Waals surface area (Å²) in [6.07, 6.45) is 7.55. The van der Waals surface area contributed by atoms with Gasteiger partial charge in [0.2, 0.25) is 0 Å². The van der Waals surface area contributed by atoms with Gasteiger partial charge in [-0.1, -0.05) is 6.07 Å². The van der Waals surface area contributed by atoms with Gasteiger partial charge in [0.15, 0.2) is 0 Å². The van der Waals surface area contributed by atoms with E-state index in [4.69, 9.17) is 4.74 Å². The van der Waals surface area contributed by atoms with Gasteiger partial charge in [0.1, 0.15) is 24.0 Å². The third-order valence-corrected chi connectivity index (χ3v) is 5.40. The molecule has 0 saturated carbocycles. The maximum absolute atomic E-state index is 12.7.